The fourth-order valence-corrected chi connectivity index (χ4v) is 1.29. The van der Waals surface area contributed by atoms with E-state index in [0.29, 0.717) is 6.20 Å². The molecule has 0 radical (unpaired) electrons. The Morgan fingerprint density at radius 1 is 1.44 bits per heavy atom. The molecular weight excluding hydrogens is 267 g/mol. The summed E-state index contributed by atoms with van der Waals surface area (Å²) in [6, 6.07) is 0. The van der Waals surface area contributed by atoms with E-state index in [1.807, 2.05) is 0 Å². The highest BCUT2D eigenvalue weighted by Crippen LogP contribution is 2.44. The number of halogens is 5. The van der Waals surface area contributed by atoms with Gasteiger partial charge in [0.05, 0.1) is 12.0 Å². The van der Waals surface area contributed by atoms with Crippen LogP contribution in [-0.2, 0) is 6.18 Å². The van der Waals surface area contributed by atoms with E-state index in [-0.39, 0.29) is 0 Å². The van der Waals surface area contributed by atoms with Crippen LogP contribution in [0.15, 0.2) is 6.20 Å². The predicted octanol–water partition coefficient (Wildman–Crippen LogP) is 2.95. The zero-order valence-electron chi connectivity index (χ0n) is 8.66. The lowest BCUT2D eigenvalue weighted by Crippen LogP contribution is -2.15. The first-order valence-electron chi connectivity index (χ1n) is 4.26. The van der Waals surface area contributed by atoms with Crippen LogP contribution in [0.4, 0.5) is 27.6 Å². The number of pyridine rings is 1. The van der Waals surface area contributed by atoms with Gasteiger partial charge in [-0.3, -0.25) is 10.1 Å². The Labute approximate surface area is 96.3 Å². The second-order valence-corrected chi connectivity index (χ2v) is 3.00. The van der Waals surface area contributed by atoms with E-state index in [0.717, 1.165) is 7.11 Å². The van der Waals surface area contributed by atoms with Crippen molar-refractivity contribution >= 4 is 5.69 Å². The van der Waals surface area contributed by atoms with Gasteiger partial charge in [0, 0.05) is 0 Å². The molecule has 1 aromatic rings. The standard InChI is InChI=1S/C8H5F5N2O3/c1-18-7-5(8(11,12)13)4(6(9)10)3(2-14-7)15(16)17/h2,6H,1H3. The van der Waals surface area contributed by atoms with Gasteiger partial charge in [-0.05, 0) is 0 Å². The fourth-order valence-electron chi connectivity index (χ4n) is 1.29. The number of ether oxygens (including phenoxy) is 1. The van der Waals surface area contributed by atoms with Crippen LogP contribution in [0.1, 0.15) is 17.6 Å². The monoisotopic (exact) mass is 272 g/mol. The van der Waals surface area contributed by atoms with Crippen molar-refractivity contribution < 1.29 is 31.6 Å². The quantitative estimate of drug-likeness (QED) is 0.482. The molecule has 0 atom stereocenters. The number of hydrogen-bond donors (Lipinski definition) is 0. The molecule has 0 saturated carbocycles. The van der Waals surface area contributed by atoms with E-state index < -0.39 is 40.2 Å². The number of methoxy groups -OCH3 is 1. The molecule has 0 aliphatic rings. The van der Waals surface area contributed by atoms with Gasteiger partial charge in [-0.1, -0.05) is 0 Å². The lowest BCUT2D eigenvalue weighted by Gasteiger charge is -2.14. The van der Waals surface area contributed by atoms with Crippen LogP contribution >= 0.6 is 0 Å². The SMILES string of the molecule is COc1ncc([N+](=O)[O-])c(C(F)F)c1C(F)(F)F. The van der Waals surface area contributed by atoms with Crippen molar-refractivity contribution in [1.82, 2.24) is 4.98 Å². The van der Waals surface area contributed by atoms with E-state index in [1.54, 1.807) is 0 Å². The van der Waals surface area contributed by atoms with Gasteiger partial charge >= 0.3 is 6.18 Å². The first-order valence-corrected chi connectivity index (χ1v) is 4.26. The normalized spacial score (nSPS) is 11.7. The van der Waals surface area contributed by atoms with E-state index in [1.165, 1.54) is 0 Å². The Hall–Kier alpha value is -2.00. The lowest BCUT2D eigenvalue weighted by atomic mass is 10.1. The molecule has 0 aliphatic carbocycles. The molecule has 0 aromatic carbocycles. The van der Waals surface area contributed by atoms with Crippen LogP contribution in [0.5, 0.6) is 5.88 Å². The Morgan fingerprint density at radius 3 is 2.33 bits per heavy atom. The highest BCUT2D eigenvalue weighted by molar-refractivity contribution is 5.50. The van der Waals surface area contributed by atoms with Crippen LogP contribution in [0.3, 0.4) is 0 Å². The summed E-state index contributed by atoms with van der Waals surface area (Å²) in [5.41, 5.74) is -5.09. The van der Waals surface area contributed by atoms with Crippen LogP contribution in [0.25, 0.3) is 0 Å². The maximum atomic E-state index is 12.6. The van der Waals surface area contributed by atoms with Crippen molar-refractivity contribution in [3.05, 3.63) is 27.4 Å². The van der Waals surface area contributed by atoms with Crippen molar-refractivity contribution in [2.45, 2.75) is 12.6 Å². The topological polar surface area (TPSA) is 65.3 Å². The second kappa shape index (κ2) is 4.70. The predicted molar refractivity (Wildman–Crippen MR) is 47.4 cm³/mol. The minimum Gasteiger partial charge on any atom is -0.481 e. The molecule has 0 amide bonds. The van der Waals surface area contributed by atoms with Gasteiger partial charge in [0.1, 0.15) is 17.3 Å². The molecule has 1 aromatic heterocycles. The van der Waals surface area contributed by atoms with E-state index in [2.05, 4.69) is 9.72 Å². The Kier molecular flexibility index (Phi) is 3.67. The smallest absolute Gasteiger partial charge is 0.422 e. The van der Waals surface area contributed by atoms with Gasteiger partial charge in [0.2, 0.25) is 5.88 Å². The van der Waals surface area contributed by atoms with Gasteiger partial charge in [-0.2, -0.15) is 13.2 Å². The molecule has 18 heavy (non-hydrogen) atoms. The second-order valence-electron chi connectivity index (χ2n) is 3.00. The van der Waals surface area contributed by atoms with Crippen molar-refractivity contribution in [2.24, 2.45) is 0 Å². The van der Waals surface area contributed by atoms with E-state index >= 15 is 0 Å². The average molecular weight is 272 g/mol. The average Bonchev–Trinajstić information content (AvgIpc) is 2.25. The van der Waals surface area contributed by atoms with Crippen molar-refractivity contribution in [3.8, 4) is 5.88 Å². The van der Waals surface area contributed by atoms with Gasteiger partial charge in [0.25, 0.3) is 12.1 Å². The molecule has 1 rings (SSSR count). The zero-order chi connectivity index (χ0) is 14.1. The molecule has 10 heteroatoms. The molecule has 0 aliphatic heterocycles. The van der Waals surface area contributed by atoms with Crippen LogP contribution in [0, 0.1) is 10.1 Å². The lowest BCUT2D eigenvalue weighted by molar-refractivity contribution is -0.386. The van der Waals surface area contributed by atoms with Crippen LogP contribution in [0.2, 0.25) is 0 Å². The van der Waals surface area contributed by atoms with Crippen molar-refractivity contribution in [3.63, 3.8) is 0 Å². The minimum absolute atomic E-state index is 0.301. The van der Waals surface area contributed by atoms with Gasteiger partial charge < -0.3 is 4.74 Å². The van der Waals surface area contributed by atoms with Gasteiger partial charge in [-0.25, -0.2) is 13.8 Å². The third kappa shape index (κ3) is 2.46. The molecule has 0 spiro atoms. The molecule has 100 valence electrons. The molecule has 0 N–H and O–H groups in total. The van der Waals surface area contributed by atoms with E-state index in [9.17, 15) is 32.1 Å². The fraction of sp³-hybridized carbons (Fsp3) is 0.375. The third-order valence-corrected chi connectivity index (χ3v) is 1.95. The van der Waals surface area contributed by atoms with Crippen molar-refractivity contribution in [2.75, 3.05) is 7.11 Å². The van der Waals surface area contributed by atoms with Gasteiger partial charge in [-0.15, -0.1) is 0 Å². The third-order valence-electron chi connectivity index (χ3n) is 1.95. The molecule has 0 unspecified atom stereocenters. The van der Waals surface area contributed by atoms with Crippen LogP contribution in [-0.4, -0.2) is 17.0 Å². The molecular formula is C8H5F5N2O3. The number of aromatic nitrogens is 1. The molecule has 0 fully saturated rings. The molecule has 1 heterocycles. The number of nitro groups is 1. The maximum absolute atomic E-state index is 12.6. The summed E-state index contributed by atoms with van der Waals surface area (Å²) >= 11 is 0. The summed E-state index contributed by atoms with van der Waals surface area (Å²) in [6.45, 7) is 0. The Bertz CT molecular complexity index is 475. The number of hydrogen-bond acceptors (Lipinski definition) is 4. The summed E-state index contributed by atoms with van der Waals surface area (Å²) in [5.74, 6) is -1.14. The minimum atomic E-state index is -5.24. The molecule has 0 bridgehead atoms. The Morgan fingerprint density at radius 2 is 2.00 bits per heavy atom. The summed E-state index contributed by atoms with van der Waals surface area (Å²) in [5, 5.41) is 10.4. The summed E-state index contributed by atoms with van der Waals surface area (Å²) < 4.78 is 67.3. The number of nitrogens with zero attached hydrogens (tertiary/aromatic N) is 2. The summed E-state index contributed by atoms with van der Waals surface area (Å²) in [7, 11) is 0.790. The van der Waals surface area contributed by atoms with E-state index in [4.69, 9.17) is 0 Å². The molecule has 0 saturated heterocycles. The van der Waals surface area contributed by atoms with Crippen LogP contribution < -0.4 is 4.74 Å². The maximum Gasteiger partial charge on any atom is 0.422 e. The zero-order valence-corrected chi connectivity index (χ0v) is 8.66. The van der Waals surface area contributed by atoms with Crippen molar-refractivity contribution in [1.29, 1.82) is 0 Å². The first kappa shape index (κ1) is 14.1. The highest BCUT2D eigenvalue weighted by Gasteiger charge is 2.44. The summed E-state index contributed by atoms with van der Waals surface area (Å²) in [4.78, 5) is 12.1. The van der Waals surface area contributed by atoms with Gasteiger partial charge in [0.15, 0.2) is 0 Å². The number of alkyl halides is 5. The first-order chi connectivity index (χ1) is 8.20. The Balaban J connectivity index is 3.71. The largest absolute Gasteiger partial charge is 0.481 e. The number of rotatable bonds is 3. The summed E-state index contributed by atoms with van der Waals surface area (Å²) in [6.07, 6.45) is -8.62. The highest BCUT2D eigenvalue weighted by atomic mass is 19.4. The molecule has 5 nitrogen and oxygen atoms in total.